The van der Waals surface area contributed by atoms with E-state index in [4.69, 9.17) is 0 Å². The number of Topliss-reactive ketones (excluding diaryl/α,β-unsaturated/α-hetero) is 1. The average molecular weight is 373 g/mol. The molecule has 0 unspecified atom stereocenters. The molecule has 6 nitrogen and oxygen atoms in total. The number of aromatic amines is 1. The minimum atomic E-state index is -0.327. The number of hydrogen-bond donors (Lipinski definition) is 2. The molecule has 2 rings (SSSR count). The molecule has 2 amide bonds. The van der Waals surface area contributed by atoms with Gasteiger partial charge in [-0.05, 0) is 44.7 Å². The van der Waals surface area contributed by atoms with E-state index in [9.17, 15) is 14.4 Å². The number of rotatable bonds is 6. The summed E-state index contributed by atoms with van der Waals surface area (Å²) in [4.78, 5) is 42.0. The van der Waals surface area contributed by atoms with Crippen LogP contribution in [0.4, 0.5) is 5.69 Å². The number of H-pyrrole nitrogens is 1. The van der Waals surface area contributed by atoms with Crippen molar-refractivity contribution in [2.45, 2.75) is 25.7 Å². The van der Waals surface area contributed by atoms with E-state index in [-0.39, 0.29) is 24.1 Å². The topological polar surface area (TPSA) is 82.3 Å². The minimum Gasteiger partial charge on any atom is -0.354 e. The van der Waals surface area contributed by atoms with Crippen LogP contribution in [0.5, 0.6) is 0 Å². The van der Waals surface area contributed by atoms with Crippen molar-refractivity contribution < 1.29 is 14.4 Å². The summed E-state index contributed by atoms with van der Waals surface area (Å²) >= 11 is 1.54. The third-order valence-corrected chi connectivity index (χ3v) is 4.91. The van der Waals surface area contributed by atoms with Crippen LogP contribution in [0.2, 0.25) is 0 Å². The van der Waals surface area contributed by atoms with Crippen LogP contribution in [0.3, 0.4) is 0 Å². The van der Waals surface area contributed by atoms with Gasteiger partial charge in [0.05, 0.1) is 12.2 Å². The van der Waals surface area contributed by atoms with Crippen molar-refractivity contribution in [3.63, 3.8) is 0 Å². The molecule has 2 N–H and O–H groups in total. The van der Waals surface area contributed by atoms with E-state index in [1.807, 2.05) is 30.5 Å². The Balaban J connectivity index is 2.11. The number of benzene rings is 1. The van der Waals surface area contributed by atoms with Gasteiger partial charge in [-0.3, -0.25) is 14.4 Å². The summed E-state index contributed by atoms with van der Waals surface area (Å²) in [6.45, 7) is 4.87. The maximum Gasteiger partial charge on any atom is 0.270 e. The van der Waals surface area contributed by atoms with Gasteiger partial charge in [-0.1, -0.05) is 12.1 Å². The minimum absolute atomic E-state index is 0.0888. The standard InChI is InChI=1S/C19H23N3O3S/c1-11-17(13(3)23)12(2)20-18(11)19(25)22(4)10-16(24)21-14-8-6-7-9-15(14)26-5/h6-9,20H,10H2,1-5H3,(H,21,24). The molecule has 7 heteroatoms. The van der Waals surface area contributed by atoms with Crippen molar-refractivity contribution in [1.82, 2.24) is 9.88 Å². The first kappa shape index (κ1) is 19.8. The van der Waals surface area contributed by atoms with E-state index in [1.165, 1.54) is 23.6 Å². The fourth-order valence-corrected chi connectivity index (χ4v) is 3.46. The number of aryl methyl sites for hydroxylation is 1. The highest BCUT2D eigenvalue weighted by Gasteiger charge is 2.23. The van der Waals surface area contributed by atoms with Gasteiger partial charge < -0.3 is 15.2 Å². The molecule has 0 fully saturated rings. The van der Waals surface area contributed by atoms with E-state index in [0.29, 0.717) is 22.5 Å². The monoisotopic (exact) mass is 373 g/mol. The zero-order valence-corrected chi connectivity index (χ0v) is 16.4. The summed E-state index contributed by atoms with van der Waals surface area (Å²) in [7, 11) is 1.56. The maximum absolute atomic E-state index is 12.7. The second-order valence-electron chi connectivity index (χ2n) is 6.09. The SMILES string of the molecule is CSc1ccccc1NC(=O)CN(C)C(=O)c1[nH]c(C)c(C(C)=O)c1C. The third-order valence-electron chi connectivity index (χ3n) is 4.11. The number of carbonyl (C=O) groups is 3. The van der Waals surface area contributed by atoms with E-state index in [2.05, 4.69) is 10.3 Å². The van der Waals surface area contributed by atoms with E-state index < -0.39 is 0 Å². The number of hydrogen-bond acceptors (Lipinski definition) is 4. The average Bonchev–Trinajstić information content (AvgIpc) is 2.88. The van der Waals surface area contributed by atoms with Gasteiger partial charge in [-0.2, -0.15) is 0 Å². The molecule has 26 heavy (non-hydrogen) atoms. The summed E-state index contributed by atoms with van der Waals surface area (Å²) in [6.07, 6.45) is 1.93. The number of para-hydroxylation sites is 1. The number of nitrogens with one attached hydrogen (secondary N) is 2. The van der Waals surface area contributed by atoms with E-state index >= 15 is 0 Å². The summed E-state index contributed by atoms with van der Waals surface area (Å²) in [5.41, 5.74) is 2.86. The molecule has 0 bridgehead atoms. The van der Waals surface area contributed by atoms with Crippen LogP contribution in [0, 0.1) is 13.8 Å². The quantitative estimate of drug-likeness (QED) is 0.601. The van der Waals surface area contributed by atoms with Crippen LogP contribution in [0.15, 0.2) is 29.2 Å². The molecule has 0 radical (unpaired) electrons. The van der Waals surface area contributed by atoms with Gasteiger partial charge in [0.1, 0.15) is 5.69 Å². The predicted octanol–water partition coefficient (Wildman–Crippen LogP) is 3.27. The van der Waals surface area contributed by atoms with Gasteiger partial charge in [0.25, 0.3) is 5.91 Å². The van der Waals surface area contributed by atoms with Crippen LogP contribution >= 0.6 is 11.8 Å². The largest absolute Gasteiger partial charge is 0.354 e. The number of aromatic nitrogens is 1. The summed E-state index contributed by atoms with van der Waals surface area (Å²) in [5.74, 6) is -0.703. The van der Waals surface area contributed by atoms with Crippen molar-refractivity contribution in [3.8, 4) is 0 Å². The fourth-order valence-electron chi connectivity index (χ4n) is 2.91. The Kier molecular flexibility index (Phi) is 6.26. The van der Waals surface area contributed by atoms with Gasteiger partial charge in [0.2, 0.25) is 5.91 Å². The van der Waals surface area contributed by atoms with Gasteiger partial charge in [-0.15, -0.1) is 11.8 Å². The van der Waals surface area contributed by atoms with Crippen molar-refractivity contribution in [1.29, 1.82) is 0 Å². The molecular formula is C19H23N3O3S. The summed E-state index contributed by atoms with van der Waals surface area (Å²) < 4.78 is 0. The van der Waals surface area contributed by atoms with Crippen LogP contribution in [-0.2, 0) is 4.79 Å². The number of amides is 2. The number of nitrogens with zero attached hydrogens (tertiary/aromatic N) is 1. The molecule has 1 aromatic carbocycles. The highest BCUT2D eigenvalue weighted by atomic mass is 32.2. The fraction of sp³-hybridized carbons (Fsp3) is 0.316. The van der Waals surface area contributed by atoms with E-state index in [1.54, 1.807) is 20.9 Å². The van der Waals surface area contributed by atoms with Crippen LogP contribution in [0.1, 0.15) is 39.0 Å². The van der Waals surface area contributed by atoms with Crippen LogP contribution in [0.25, 0.3) is 0 Å². The number of carbonyl (C=O) groups excluding carboxylic acids is 3. The highest BCUT2D eigenvalue weighted by Crippen LogP contribution is 2.24. The molecular weight excluding hydrogens is 350 g/mol. The third kappa shape index (κ3) is 4.16. The van der Waals surface area contributed by atoms with Gasteiger partial charge in [0, 0.05) is 23.2 Å². The maximum atomic E-state index is 12.7. The predicted molar refractivity (Wildman–Crippen MR) is 104 cm³/mol. The number of anilines is 1. The Morgan fingerprint density at radius 1 is 1.19 bits per heavy atom. The highest BCUT2D eigenvalue weighted by molar-refractivity contribution is 7.98. The summed E-state index contributed by atoms with van der Waals surface area (Å²) in [6, 6.07) is 7.49. The molecule has 2 aromatic rings. The normalized spacial score (nSPS) is 10.5. The molecule has 138 valence electrons. The summed E-state index contributed by atoms with van der Waals surface area (Å²) in [5, 5.41) is 2.83. The molecule has 0 aliphatic rings. The molecule has 0 aliphatic heterocycles. The molecule has 0 saturated carbocycles. The first-order chi connectivity index (χ1) is 12.3. The lowest BCUT2D eigenvalue weighted by Gasteiger charge is -2.17. The number of likely N-dealkylation sites (N-methyl/N-ethyl adjacent to an activating group) is 1. The van der Waals surface area contributed by atoms with E-state index in [0.717, 1.165) is 10.6 Å². The molecule has 1 aromatic heterocycles. The van der Waals surface area contributed by atoms with Gasteiger partial charge in [-0.25, -0.2) is 0 Å². The van der Waals surface area contributed by atoms with Gasteiger partial charge >= 0.3 is 0 Å². The molecule has 0 spiro atoms. The second kappa shape index (κ2) is 8.23. The number of thioether (sulfide) groups is 1. The molecule has 0 saturated heterocycles. The smallest absolute Gasteiger partial charge is 0.270 e. The molecule has 1 heterocycles. The lowest BCUT2D eigenvalue weighted by atomic mass is 10.1. The Labute approximate surface area is 157 Å². The molecule has 0 atom stereocenters. The van der Waals surface area contributed by atoms with Crippen molar-refractivity contribution in [2.75, 3.05) is 25.2 Å². The zero-order chi connectivity index (χ0) is 19.4. The Morgan fingerprint density at radius 2 is 1.85 bits per heavy atom. The lowest BCUT2D eigenvalue weighted by Crippen LogP contribution is -2.35. The Hall–Kier alpha value is -2.54. The van der Waals surface area contributed by atoms with Crippen LogP contribution in [-0.4, -0.2) is 47.3 Å². The van der Waals surface area contributed by atoms with Crippen molar-refractivity contribution >= 4 is 35.0 Å². The Bertz CT molecular complexity index is 858. The van der Waals surface area contributed by atoms with Gasteiger partial charge in [0.15, 0.2) is 5.78 Å². The number of ketones is 1. The van der Waals surface area contributed by atoms with Crippen molar-refractivity contribution in [3.05, 3.63) is 46.8 Å². The van der Waals surface area contributed by atoms with Crippen molar-refractivity contribution in [2.24, 2.45) is 0 Å². The van der Waals surface area contributed by atoms with Crippen LogP contribution < -0.4 is 5.32 Å². The molecule has 0 aliphatic carbocycles. The second-order valence-corrected chi connectivity index (χ2v) is 6.94. The zero-order valence-electron chi connectivity index (χ0n) is 15.6. The first-order valence-corrected chi connectivity index (χ1v) is 9.37. The lowest BCUT2D eigenvalue weighted by molar-refractivity contribution is -0.116. The Morgan fingerprint density at radius 3 is 2.42 bits per heavy atom. The first-order valence-electron chi connectivity index (χ1n) is 8.14.